The molecular formula is C15H22N2O5S. The Morgan fingerprint density at radius 1 is 1.43 bits per heavy atom. The molecule has 128 valence electrons. The summed E-state index contributed by atoms with van der Waals surface area (Å²) in [6.07, 6.45) is 1.77. The largest absolute Gasteiger partial charge is 0.376 e. The minimum absolute atomic E-state index is 0.0129. The lowest BCUT2D eigenvalue weighted by Crippen LogP contribution is -2.25. The highest BCUT2D eigenvalue weighted by atomic mass is 32.2. The van der Waals surface area contributed by atoms with Crippen molar-refractivity contribution in [3.63, 3.8) is 0 Å². The molecule has 2 rings (SSSR count). The molecule has 0 spiro atoms. The van der Waals surface area contributed by atoms with Crippen LogP contribution in [0, 0.1) is 16.0 Å². The zero-order valence-corrected chi connectivity index (χ0v) is 14.4. The van der Waals surface area contributed by atoms with Gasteiger partial charge in [0.1, 0.15) is 10.6 Å². The van der Waals surface area contributed by atoms with Gasteiger partial charge in [-0.3, -0.25) is 10.1 Å². The topological polar surface area (TPSA) is 89.8 Å². The van der Waals surface area contributed by atoms with Crippen molar-refractivity contribution in [2.45, 2.75) is 31.3 Å². The number of nitro groups is 1. The predicted octanol–water partition coefficient (Wildman–Crippen LogP) is 2.25. The van der Waals surface area contributed by atoms with E-state index in [1.165, 1.54) is 6.07 Å². The van der Waals surface area contributed by atoms with Crippen LogP contribution in [-0.2, 0) is 14.6 Å². The minimum Gasteiger partial charge on any atom is -0.376 e. The normalized spacial score (nSPS) is 18.6. The Bertz CT molecular complexity index is 687. The van der Waals surface area contributed by atoms with Crippen LogP contribution >= 0.6 is 0 Å². The molecule has 0 amide bonds. The van der Waals surface area contributed by atoms with Crippen LogP contribution in [0.3, 0.4) is 0 Å². The minimum atomic E-state index is -3.67. The van der Waals surface area contributed by atoms with Crippen LogP contribution in [0.25, 0.3) is 0 Å². The van der Waals surface area contributed by atoms with Crippen LogP contribution in [0.1, 0.15) is 20.3 Å². The van der Waals surface area contributed by atoms with Crippen molar-refractivity contribution >= 4 is 21.2 Å². The highest BCUT2D eigenvalue weighted by Gasteiger charge is 2.32. The third-order valence-corrected chi connectivity index (χ3v) is 4.84. The van der Waals surface area contributed by atoms with E-state index in [0.717, 1.165) is 12.7 Å². The van der Waals surface area contributed by atoms with E-state index in [1.54, 1.807) is 12.1 Å². The Balaban J connectivity index is 2.29. The van der Waals surface area contributed by atoms with E-state index >= 15 is 0 Å². The smallest absolute Gasteiger partial charge is 0.311 e. The number of anilines is 1. The molecule has 1 aliphatic heterocycles. The summed E-state index contributed by atoms with van der Waals surface area (Å²) in [6, 6.07) is 4.42. The fourth-order valence-corrected chi connectivity index (χ4v) is 3.52. The van der Waals surface area contributed by atoms with Crippen molar-refractivity contribution in [1.29, 1.82) is 0 Å². The lowest BCUT2D eigenvalue weighted by molar-refractivity contribution is -0.387. The lowest BCUT2D eigenvalue weighted by Gasteiger charge is -2.20. The average Bonchev–Trinajstić information content (AvgIpc) is 2.92. The van der Waals surface area contributed by atoms with E-state index in [1.807, 2.05) is 4.90 Å². The van der Waals surface area contributed by atoms with Gasteiger partial charge in [0, 0.05) is 26.0 Å². The first-order valence-corrected chi connectivity index (χ1v) is 9.43. The summed E-state index contributed by atoms with van der Waals surface area (Å²) in [4.78, 5) is 12.4. The number of sulfone groups is 1. The van der Waals surface area contributed by atoms with Crippen LogP contribution in [0.4, 0.5) is 11.4 Å². The molecule has 1 atom stereocenters. The van der Waals surface area contributed by atoms with Gasteiger partial charge in [0.2, 0.25) is 0 Å². The van der Waals surface area contributed by atoms with Crippen LogP contribution in [-0.4, -0.2) is 45.4 Å². The summed E-state index contributed by atoms with van der Waals surface area (Å²) < 4.78 is 29.4. The van der Waals surface area contributed by atoms with Crippen LogP contribution in [0.15, 0.2) is 23.1 Å². The summed E-state index contributed by atoms with van der Waals surface area (Å²) >= 11 is 0. The monoisotopic (exact) mass is 342 g/mol. The molecular weight excluding hydrogens is 320 g/mol. The standard InChI is InChI=1S/C15H22N2O5S/c1-11(2)10-22-12-7-8-16(9-12)13-5-4-6-14(23(3,20)21)15(13)17(18)19/h4-6,11-12H,7-10H2,1-3H3. The second-order valence-electron chi connectivity index (χ2n) is 6.24. The molecule has 0 saturated carbocycles. The van der Waals surface area contributed by atoms with Gasteiger partial charge in [-0.1, -0.05) is 19.9 Å². The summed E-state index contributed by atoms with van der Waals surface area (Å²) in [5.74, 6) is 0.423. The SMILES string of the molecule is CC(C)COC1CCN(c2cccc(S(C)(=O)=O)c2[N+](=O)[O-])C1. The molecule has 23 heavy (non-hydrogen) atoms. The van der Waals surface area contributed by atoms with E-state index in [2.05, 4.69) is 13.8 Å². The van der Waals surface area contributed by atoms with Crippen molar-refractivity contribution < 1.29 is 18.1 Å². The Labute approximate surface area is 136 Å². The predicted molar refractivity (Wildman–Crippen MR) is 87.6 cm³/mol. The van der Waals surface area contributed by atoms with Crippen LogP contribution < -0.4 is 4.90 Å². The fraction of sp³-hybridized carbons (Fsp3) is 0.600. The lowest BCUT2D eigenvalue weighted by atomic mass is 10.2. The molecule has 1 heterocycles. The Hall–Kier alpha value is -1.67. The van der Waals surface area contributed by atoms with Gasteiger partial charge in [0.15, 0.2) is 9.84 Å². The van der Waals surface area contributed by atoms with Crippen molar-refractivity contribution in [1.82, 2.24) is 0 Å². The van der Waals surface area contributed by atoms with Crippen molar-refractivity contribution in [2.75, 3.05) is 30.9 Å². The second kappa shape index (κ2) is 6.84. The molecule has 1 aromatic rings. The van der Waals surface area contributed by atoms with E-state index in [9.17, 15) is 18.5 Å². The molecule has 1 aromatic carbocycles. The van der Waals surface area contributed by atoms with E-state index in [4.69, 9.17) is 4.74 Å². The third-order valence-electron chi connectivity index (χ3n) is 3.71. The number of nitro benzene ring substituents is 1. The van der Waals surface area contributed by atoms with E-state index in [-0.39, 0.29) is 16.7 Å². The second-order valence-corrected chi connectivity index (χ2v) is 8.22. The number of nitrogens with zero attached hydrogens (tertiary/aromatic N) is 2. The van der Waals surface area contributed by atoms with Gasteiger partial charge in [-0.15, -0.1) is 0 Å². The molecule has 1 unspecified atom stereocenters. The summed E-state index contributed by atoms with van der Waals surface area (Å²) in [5.41, 5.74) is -0.00641. The van der Waals surface area contributed by atoms with Gasteiger partial charge in [0.05, 0.1) is 11.0 Å². The highest BCUT2D eigenvalue weighted by Crippen LogP contribution is 2.36. The van der Waals surface area contributed by atoms with Crippen LogP contribution in [0.2, 0.25) is 0 Å². The first-order chi connectivity index (χ1) is 10.7. The number of ether oxygens (including phenoxy) is 1. The van der Waals surface area contributed by atoms with Gasteiger partial charge in [-0.05, 0) is 24.5 Å². The number of rotatable bonds is 6. The molecule has 8 heteroatoms. The maximum Gasteiger partial charge on any atom is 0.311 e. The first kappa shape index (κ1) is 17.7. The summed E-state index contributed by atoms with van der Waals surface area (Å²) in [7, 11) is -3.67. The molecule has 1 saturated heterocycles. The first-order valence-electron chi connectivity index (χ1n) is 7.54. The molecule has 0 bridgehead atoms. The summed E-state index contributed by atoms with van der Waals surface area (Å²) in [5, 5.41) is 11.4. The van der Waals surface area contributed by atoms with Gasteiger partial charge in [0.25, 0.3) is 0 Å². The van der Waals surface area contributed by atoms with Gasteiger partial charge in [-0.2, -0.15) is 0 Å². The van der Waals surface area contributed by atoms with E-state index < -0.39 is 14.8 Å². The number of hydrogen-bond acceptors (Lipinski definition) is 6. The van der Waals surface area contributed by atoms with Crippen molar-refractivity contribution in [2.24, 2.45) is 5.92 Å². The Kier molecular flexibility index (Phi) is 5.26. The van der Waals surface area contributed by atoms with Gasteiger partial charge < -0.3 is 9.64 Å². The number of para-hydroxylation sites is 1. The maximum atomic E-state index is 11.8. The van der Waals surface area contributed by atoms with E-state index in [0.29, 0.717) is 31.3 Å². The number of benzene rings is 1. The molecule has 0 aromatic heterocycles. The quantitative estimate of drug-likeness (QED) is 0.582. The fourth-order valence-electron chi connectivity index (χ4n) is 2.66. The Morgan fingerprint density at radius 2 is 2.13 bits per heavy atom. The Morgan fingerprint density at radius 3 is 2.70 bits per heavy atom. The van der Waals surface area contributed by atoms with Crippen LogP contribution in [0.5, 0.6) is 0 Å². The average molecular weight is 342 g/mol. The van der Waals surface area contributed by atoms with Gasteiger partial charge in [-0.25, -0.2) is 8.42 Å². The van der Waals surface area contributed by atoms with Gasteiger partial charge >= 0.3 is 5.69 Å². The third kappa shape index (κ3) is 4.20. The highest BCUT2D eigenvalue weighted by molar-refractivity contribution is 7.90. The molecule has 7 nitrogen and oxygen atoms in total. The zero-order valence-electron chi connectivity index (χ0n) is 13.6. The molecule has 1 aliphatic rings. The molecule has 0 N–H and O–H groups in total. The zero-order chi connectivity index (χ0) is 17.2. The molecule has 0 aliphatic carbocycles. The molecule has 0 radical (unpaired) electrons. The van der Waals surface area contributed by atoms with Crippen molar-refractivity contribution in [3.8, 4) is 0 Å². The molecule has 1 fully saturated rings. The van der Waals surface area contributed by atoms with Crippen molar-refractivity contribution in [3.05, 3.63) is 28.3 Å². The summed E-state index contributed by atoms with van der Waals surface area (Å²) in [6.45, 7) is 5.90. The number of hydrogen-bond donors (Lipinski definition) is 0. The maximum absolute atomic E-state index is 11.8.